The SMILES string of the molecule is CC(CCC(=O)O)CNS(=O)(=O)CCc1ccccn1. The zero-order valence-electron chi connectivity index (χ0n) is 11.4. The molecule has 0 amide bonds. The molecule has 0 spiro atoms. The third-order valence-electron chi connectivity index (χ3n) is 2.86. The lowest BCUT2D eigenvalue weighted by Gasteiger charge is -2.11. The quantitative estimate of drug-likeness (QED) is 0.710. The fourth-order valence-corrected chi connectivity index (χ4v) is 2.76. The van der Waals surface area contributed by atoms with Crippen LogP contribution in [-0.2, 0) is 21.2 Å². The van der Waals surface area contributed by atoms with E-state index in [1.165, 1.54) is 0 Å². The van der Waals surface area contributed by atoms with Crippen LogP contribution in [0.25, 0.3) is 0 Å². The first-order valence-corrected chi connectivity index (χ1v) is 8.13. The summed E-state index contributed by atoms with van der Waals surface area (Å²) >= 11 is 0. The Morgan fingerprint density at radius 3 is 2.80 bits per heavy atom. The van der Waals surface area contributed by atoms with Crippen LogP contribution in [0.3, 0.4) is 0 Å². The van der Waals surface area contributed by atoms with Gasteiger partial charge in [0.15, 0.2) is 0 Å². The molecule has 1 rings (SSSR count). The van der Waals surface area contributed by atoms with Gasteiger partial charge in [0.05, 0.1) is 5.75 Å². The van der Waals surface area contributed by atoms with Crippen molar-refractivity contribution in [3.63, 3.8) is 0 Å². The standard InChI is InChI=1S/C13H20N2O4S/c1-11(5-6-13(16)17)10-15-20(18,19)9-7-12-4-2-3-8-14-12/h2-4,8,11,15H,5-7,9-10H2,1H3,(H,16,17). The average molecular weight is 300 g/mol. The van der Waals surface area contributed by atoms with Gasteiger partial charge in [0.1, 0.15) is 0 Å². The smallest absolute Gasteiger partial charge is 0.303 e. The fraction of sp³-hybridized carbons (Fsp3) is 0.538. The highest BCUT2D eigenvalue weighted by Gasteiger charge is 2.13. The van der Waals surface area contributed by atoms with Crippen molar-refractivity contribution in [3.8, 4) is 0 Å². The molecule has 1 aromatic rings. The molecule has 7 heteroatoms. The third kappa shape index (κ3) is 7.20. The second-order valence-corrected chi connectivity index (χ2v) is 6.70. The van der Waals surface area contributed by atoms with Crippen LogP contribution in [0.2, 0.25) is 0 Å². The van der Waals surface area contributed by atoms with Gasteiger partial charge < -0.3 is 5.11 Å². The Kier molecular flexibility index (Phi) is 6.60. The molecule has 0 aliphatic carbocycles. The van der Waals surface area contributed by atoms with Crippen molar-refractivity contribution in [2.75, 3.05) is 12.3 Å². The van der Waals surface area contributed by atoms with Crippen LogP contribution in [0.15, 0.2) is 24.4 Å². The molecule has 0 aromatic carbocycles. The van der Waals surface area contributed by atoms with Crippen molar-refractivity contribution in [2.45, 2.75) is 26.2 Å². The largest absolute Gasteiger partial charge is 0.481 e. The number of aryl methyl sites for hydroxylation is 1. The van der Waals surface area contributed by atoms with E-state index in [1.54, 1.807) is 18.3 Å². The summed E-state index contributed by atoms with van der Waals surface area (Å²) < 4.78 is 26.1. The molecule has 1 unspecified atom stereocenters. The van der Waals surface area contributed by atoms with Crippen molar-refractivity contribution >= 4 is 16.0 Å². The topological polar surface area (TPSA) is 96.4 Å². The molecule has 2 N–H and O–H groups in total. The summed E-state index contributed by atoms with van der Waals surface area (Å²) in [5, 5.41) is 8.56. The molecule has 6 nitrogen and oxygen atoms in total. The highest BCUT2D eigenvalue weighted by molar-refractivity contribution is 7.89. The minimum atomic E-state index is -3.35. The van der Waals surface area contributed by atoms with Crippen LogP contribution in [0.4, 0.5) is 0 Å². The maximum Gasteiger partial charge on any atom is 0.303 e. The van der Waals surface area contributed by atoms with Crippen molar-refractivity contribution in [1.29, 1.82) is 0 Å². The number of rotatable bonds is 9. The summed E-state index contributed by atoms with van der Waals surface area (Å²) in [4.78, 5) is 14.5. The zero-order valence-corrected chi connectivity index (χ0v) is 12.3. The fourth-order valence-electron chi connectivity index (χ4n) is 1.60. The molecular formula is C13H20N2O4S. The minimum absolute atomic E-state index is 0.00396. The van der Waals surface area contributed by atoms with Crippen LogP contribution in [0.5, 0.6) is 0 Å². The first kappa shape index (κ1) is 16.6. The third-order valence-corrected chi connectivity index (χ3v) is 4.20. The number of sulfonamides is 1. The van der Waals surface area contributed by atoms with E-state index in [9.17, 15) is 13.2 Å². The lowest BCUT2D eigenvalue weighted by molar-refractivity contribution is -0.137. The number of hydrogen-bond donors (Lipinski definition) is 2. The number of pyridine rings is 1. The monoisotopic (exact) mass is 300 g/mol. The predicted molar refractivity (Wildman–Crippen MR) is 75.8 cm³/mol. The van der Waals surface area contributed by atoms with Crippen LogP contribution >= 0.6 is 0 Å². The molecule has 0 fully saturated rings. The van der Waals surface area contributed by atoms with E-state index in [-0.39, 0.29) is 24.6 Å². The van der Waals surface area contributed by atoms with Crippen LogP contribution < -0.4 is 4.72 Å². The highest BCUT2D eigenvalue weighted by atomic mass is 32.2. The molecular weight excluding hydrogens is 280 g/mol. The molecule has 20 heavy (non-hydrogen) atoms. The Morgan fingerprint density at radius 2 is 2.20 bits per heavy atom. The van der Waals surface area contributed by atoms with Crippen LogP contribution in [0.1, 0.15) is 25.5 Å². The molecule has 0 aliphatic heterocycles. The van der Waals surface area contributed by atoms with E-state index in [0.717, 1.165) is 5.69 Å². The normalized spacial score (nSPS) is 13.1. The predicted octanol–water partition coefficient (Wildman–Crippen LogP) is 1.04. The van der Waals surface area contributed by atoms with Gasteiger partial charge in [-0.2, -0.15) is 0 Å². The molecule has 112 valence electrons. The van der Waals surface area contributed by atoms with Gasteiger partial charge in [-0.15, -0.1) is 0 Å². The van der Waals surface area contributed by atoms with Gasteiger partial charge in [0.25, 0.3) is 0 Å². The molecule has 0 aliphatic rings. The number of aliphatic carboxylic acids is 1. The van der Waals surface area contributed by atoms with E-state index in [2.05, 4.69) is 9.71 Å². The summed E-state index contributed by atoms with van der Waals surface area (Å²) in [6.07, 6.45) is 2.50. The number of nitrogens with one attached hydrogen (secondary N) is 1. The number of aromatic nitrogens is 1. The van der Waals surface area contributed by atoms with Crippen molar-refractivity contribution in [1.82, 2.24) is 9.71 Å². The Hall–Kier alpha value is -1.47. The van der Waals surface area contributed by atoms with E-state index in [0.29, 0.717) is 12.8 Å². The zero-order chi connectivity index (χ0) is 15.0. The van der Waals surface area contributed by atoms with Gasteiger partial charge in [-0.3, -0.25) is 9.78 Å². The lowest BCUT2D eigenvalue weighted by atomic mass is 10.1. The number of carboxylic acid groups (broad SMARTS) is 1. The van der Waals surface area contributed by atoms with Gasteiger partial charge in [0.2, 0.25) is 10.0 Å². The number of hydrogen-bond acceptors (Lipinski definition) is 4. The number of nitrogens with zero attached hydrogens (tertiary/aromatic N) is 1. The summed E-state index contributed by atoms with van der Waals surface area (Å²) in [6.45, 7) is 2.09. The molecule has 1 heterocycles. The van der Waals surface area contributed by atoms with Gasteiger partial charge >= 0.3 is 5.97 Å². The van der Waals surface area contributed by atoms with Crippen LogP contribution in [-0.4, -0.2) is 36.8 Å². The summed E-state index contributed by atoms with van der Waals surface area (Å²) in [5.74, 6) is -0.888. The first-order valence-electron chi connectivity index (χ1n) is 6.48. The summed E-state index contributed by atoms with van der Waals surface area (Å²) in [5.41, 5.74) is 0.733. The average Bonchev–Trinajstić information content (AvgIpc) is 2.42. The van der Waals surface area contributed by atoms with Gasteiger partial charge in [-0.25, -0.2) is 13.1 Å². The molecule has 1 aromatic heterocycles. The van der Waals surface area contributed by atoms with E-state index < -0.39 is 16.0 Å². The first-order chi connectivity index (χ1) is 9.39. The second-order valence-electron chi connectivity index (χ2n) is 4.78. The van der Waals surface area contributed by atoms with Crippen molar-refractivity contribution in [2.24, 2.45) is 5.92 Å². The lowest BCUT2D eigenvalue weighted by Crippen LogP contribution is -2.31. The summed E-state index contributed by atoms with van der Waals surface area (Å²) in [6, 6.07) is 5.38. The Labute approximate surface area is 119 Å². The molecule has 0 saturated heterocycles. The molecule has 0 saturated carbocycles. The van der Waals surface area contributed by atoms with E-state index >= 15 is 0 Å². The van der Waals surface area contributed by atoms with Crippen molar-refractivity contribution < 1.29 is 18.3 Å². The van der Waals surface area contributed by atoms with Crippen molar-refractivity contribution in [3.05, 3.63) is 30.1 Å². The van der Waals surface area contributed by atoms with Gasteiger partial charge in [-0.05, 0) is 24.5 Å². The van der Waals surface area contributed by atoms with Gasteiger partial charge in [0, 0.05) is 31.3 Å². The summed E-state index contributed by atoms with van der Waals surface area (Å²) in [7, 11) is -3.35. The Bertz CT molecular complexity index is 516. The van der Waals surface area contributed by atoms with Crippen LogP contribution in [0, 0.1) is 5.92 Å². The Morgan fingerprint density at radius 1 is 1.45 bits per heavy atom. The maximum absolute atomic E-state index is 11.8. The van der Waals surface area contributed by atoms with E-state index in [4.69, 9.17) is 5.11 Å². The Balaban J connectivity index is 2.32. The minimum Gasteiger partial charge on any atom is -0.481 e. The molecule has 0 bridgehead atoms. The van der Waals surface area contributed by atoms with E-state index in [1.807, 2.05) is 13.0 Å². The molecule has 0 radical (unpaired) electrons. The highest BCUT2D eigenvalue weighted by Crippen LogP contribution is 2.05. The number of carboxylic acids is 1. The second kappa shape index (κ2) is 7.96. The van der Waals surface area contributed by atoms with Gasteiger partial charge in [-0.1, -0.05) is 13.0 Å². The molecule has 1 atom stereocenters. The maximum atomic E-state index is 11.8. The number of carbonyl (C=O) groups is 1.